The average molecular weight is 450 g/mol. The molecular weight excluding hydrogens is 414 g/mol. The molecule has 0 saturated carbocycles. The van der Waals surface area contributed by atoms with E-state index in [0.717, 1.165) is 56.8 Å². The van der Waals surface area contributed by atoms with Crippen LogP contribution in [-0.4, -0.2) is 60.5 Å². The molecule has 2 heterocycles. The van der Waals surface area contributed by atoms with Crippen LogP contribution < -0.4 is 5.32 Å². The van der Waals surface area contributed by atoms with E-state index in [0.29, 0.717) is 19.5 Å². The molecule has 33 heavy (non-hydrogen) atoms. The summed E-state index contributed by atoms with van der Waals surface area (Å²) in [5.41, 5.74) is 3.38. The number of hydrogen-bond acceptors (Lipinski definition) is 4. The van der Waals surface area contributed by atoms with Crippen molar-refractivity contribution >= 4 is 11.8 Å². The highest BCUT2D eigenvalue weighted by Crippen LogP contribution is 2.18. The number of nitrogens with zero attached hydrogens (tertiary/aromatic N) is 2. The number of ether oxygens (including phenoxy) is 1. The Bertz CT molecular complexity index is 933. The van der Waals surface area contributed by atoms with Crippen molar-refractivity contribution in [3.63, 3.8) is 0 Å². The van der Waals surface area contributed by atoms with Gasteiger partial charge in [-0.05, 0) is 36.5 Å². The molecule has 0 radical (unpaired) electrons. The molecule has 0 aromatic heterocycles. The van der Waals surface area contributed by atoms with Crippen LogP contribution >= 0.6 is 0 Å². The van der Waals surface area contributed by atoms with E-state index in [1.54, 1.807) is 0 Å². The zero-order valence-corrected chi connectivity index (χ0v) is 19.5. The Morgan fingerprint density at radius 1 is 1.00 bits per heavy atom. The Kier molecular flexibility index (Phi) is 8.13. The van der Waals surface area contributed by atoms with Crippen molar-refractivity contribution in [3.8, 4) is 0 Å². The van der Waals surface area contributed by atoms with Crippen LogP contribution in [0.5, 0.6) is 0 Å². The maximum absolute atomic E-state index is 12.9. The molecule has 6 heteroatoms. The molecule has 0 bridgehead atoms. The monoisotopic (exact) mass is 449 g/mol. The predicted octanol–water partition coefficient (Wildman–Crippen LogP) is 3.00. The number of carbonyl (C=O) groups excluding carboxylic acids is 2. The fourth-order valence-electron chi connectivity index (χ4n) is 4.76. The molecule has 1 N–H and O–H groups in total. The lowest BCUT2D eigenvalue weighted by Gasteiger charge is -2.32. The van der Waals surface area contributed by atoms with Gasteiger partial charge in [0.15, 0.2) is 0 Å². The number of nitrogens with one attached hydrogen (secondary N) is 1. The van der Waals surface area contributed by atoms with Crippen LogP contribution in [0.1, 0.15) is 36.5 Å². The summed E-state index contributed by atoms with van der Waals surface area (Å²) in [7, 11) is 0. The Hall–Kier alpha value is -2.70. The highest BCUT2D eigenvalue weighted by molar-refractivity contribution is 5.82. The summed E-state index contributed by atoms with van der Waals surface area (Å²) in [6.45, 7) is 7.44. The summed E-state index contributed by atoms with van der Waals surface area (Å²) >= 11 is 0. The van der Waals surface area contributed by atoms with Gasteiger partial charge in [-0.15, -0.1) is 0 Å². The Morgan fingerprint density at radius 3 is 2.61 bits per heavy atom. The second kappa shape index (κ2) is 11.4. The van der Waals surface area contributed by atoms with Crippen molar-refractivity contribution < 1.29 is 14.3 Å². The summed E-state index contributed by atoms with van der Waals surface area (Å²) in [6.07, 6.45) is 2.36. The lowest BCUT2D eigenvalue weighted by atomic mass is 9.96. The molecule has 2 unspecified atom stereocenters. The second-order valence-corrected chi connectivity index (χ2v) is 9.30. The Morgan fingerprint density at radius 2 is 1.79 bits per heavy atom. The number of rotatable bonds is 7. The van der Waals surface area contributed by atoms with Gasteiger partial charge in [-0.2, -0.15) is 0 Å². The van der Waals surface area contributed by atoms with Gasteiger partial charge in [-0.1, -0.05) is 54.6 Å². The molecule has 2 amide bonds. The molecule has 0 aliphatic carbocycles. The van der Waals surface area contributed by atoms with E-state index in [9.17, 15) is 9.59 Å². The number of morpholine rings is 1. The van der Waals surface area contributed by atoms with Crippen LogP contribution in [-0.2, 0) is 33.8 Å². The van der Waals surface area contributed by atoms with Crippen molar-refractivity contribution in [2.75, 3.05) is 32.8 Å². The van der Waals surface area contributed by atoms with Crippen molar-refractivity contribution in [2.45, 2.75) is 45.4 Å². The van der Waals surface area contributed by atoms with Crippen LogP contribution in [0.25, 0.3) is 0 Å². The molecule has 6 nitrogen and oxygen atoms in total. The molecule has 2 aromatic carbocycles. The van der Waals surface area contributed by atoms with Crippen LogP contribution in [0, 0.1) is 5.92 Å². The highest BCUT2D eigenvalue weighted by atomic mass is 16.5. The number of hydrogen-bond donors (Lipinski definition) is 1. The third-order valence-corrected chi connectivity index (χ3v) is 6.53. The average Bonchev–Trinajstić information content (AvgIpc) is 2.83. The lowest BCUT2D eigenvalue weighted by Crippen LogP contribution is -2.45. The molecule has 2 aliphatic rings. The fraction of sp³-hybridized carbons (Fsp3) is 0.481. The van der Waals surface area contributed by atoms with Gasteiger partial charge in [0.25, 0.3) is 0 Å². The van der Waals surface area contributed by atoms with E-state index < -0.39 is 0 Å². The number of amides is 2. The van der Waals surface area contributed by atoms with Gasteiger partial charge in [0.05, 0.1) is 25.0 Å². The molecule has 2 fully saturated rings. The first kappa shape index (κ1) is 23.5. The molecule has 2 atom stereocenters. The van der Waals surface area contributed by atoms with Crippen molar-refractivity contribution in [3.05, 3.63) is 71.3 Å². The summed E-state index contributed by atoms with van der Waals surface area (Å²) in [5.74, 6) is -0.0000518. The minimum atomic E-state index is -0.142. The van der Waals surface area contributed by atoms with Gasteiger partial charge in [-0.25, -0.2) is 0 Å². The number of carbonyl (C=O) groups is 2. The van der Waals surface area contributed by atoms with Crippen LogP contribution in [0.2, 0.25) is 0 Å². The third kappa shape index (κ3) is 6.89. The zero-order chi connectivity index (χ0) is 23.0. The summed E-state index contributed by atoms with van der Waals surface area (Å²) in [5, 5.41) is 3.11. The van der Waals surface area contributed by atoms with Gasteiger partial charge in [-0.3, -0.25) is 14.5 Å². The SMILES string of the molecule is CC1CN(Cc2cccc(CNC(=O)C3CCCN(C(=O)Cc4ccccc4)C3)c2)CCO1. The molecular formula is C27H35N3O3. The molecule has 176 valence electrons. The fourth-order valence-corrected chi connectivity index (χ4v) is 4.76. The van der Waals surface area contributed by atoms with E-state index in [1.165, 1.54) is 5.56 Å². The van der Waals surface area contributed by atoms with Gasteiger partial charge in [0.2, 0.25) is 11.8 Å². The van der Waals surface area contributed by atoms with Crippen LogP contribution in [0.4, 0.5) is 0 Å². The summed E-state index contributed by atoms with van der Waals surface area (Å²) < 4.78 is 5.63. The van der Waals surface area contributed by atoms with Gasteiger partial charge in [0, 0.05) is 39.3 Å². The third-order valence-electron chi connectivity index (χ3n) is 6.53. The van der Waals surface area contributed by atoms with E-state index in [2.05, 4.69) is 41.4 Å². The first-order valence-corrected chi connectivity index (χ1v) is 12.1. The minimum Gasteiger partial charge on any atom is -0.376 e. The lowest BCUT2D eigenvalue weighted by molar-refractivity contribution is -0.135. The molecule has 0 spiro atoms. The molecule has 4 rings (SSSR count). The largest absolute Gasteiger partial charge is 0.376 e. The van der Waals surface area contributed by atoms with E-state index >= 15 is 0 Å². The zero-order valence-electron chi connectivity index (χ0n) is 19.5. The molecule has 2 aliphatic heterocycles. The normalized spacial score (nSPS) is 21.5. The molecule has 2 aromatic rings. The predicted molar refractivity (Wildman–Crippen MR) is 128 cm³/mol. The quantitative estimate of drug-likeness (QED) is 0.706. The Balaban J connectivity index is 1.26. The molecule has 2 saturated heterocycles. The van der Waals surface area contributed by atoms with E-state index in [1.807, 2.05) is 35.2 Å². The first-order valence-electron chi connectivity index (χ1n) is 12.1. The van der Waals surface area contributed by atoms with Gasteiger partial charge >= 0.3 is 0 Å². The Labute approximate surface area is 196 Å². The highest BCUT2D eigenvalue weighted by Gasteiger charge is 2.28. The first-order chi connectivity index (χ1) is 16.1. The van der Waals surface area contributed by atoms with Crippen molar-refractivity contribution in [1.29, 1.82) is 0 Å². The maximum Gasteiger partial charge on any atom is 0.227 e. The van der Waals surface area contributed by atoms with Crippen molar-refractivity contribution in [2.24, 2.45) is 5.92 Å². The van der Waals surface area contributed by atoms with Crippen LogP contribution in [0.15, 0.2) is 54.6 Å². The standard InChI is InChI=1S/C27H35N3O3/c1-21-18-29(13-14-33-21)19-24-10-5-9-23(15-24)17-28-27(32)25-11-6-12-30(20-25)26(31)16-22-7-3-2-4-8-22/h2-5,7-10,15,21,25H,6,11-14,16-20H2,1H3,(H,28,32). The maximum atomic E-state index is 12.9. The van der Waals surface area contributed by atoms with E-state index in [-0.39, 0.29) is 23.8 Å². The smallest absolute Gasteiger partial charge is 0.227 e. The summed E-state index contributed by atoms with van der Waals surface area (Å²) in [4.78, 5) is 29.8. The number of likely N-dealkylation sites (tertiary alicyclic amines) is 1. The topological polar surface area (TPSA) is 61.9 Å². The summed E-state index contributed by atoms with van der Waals surface area (Å²) in [6, 6.07) is 18.2. The number of piperidine rings is 1. The number of benzene rings is 2. The van der Waals surface area contributed by atoms with Gasteiger partial charge in [0.1, 0.15) is 0 Å². The minimum absolute atomic E-state index is 0.0413. The second-order valence-electron chi connectivity index (χ2n) is 9.30. The van der Waals surface area contributed by atoms with E-state index in [4.69, 9.17) is 4.74 Å². The van der Waals surface area contributed by atoms with Crippen LogP contribution in [0.3, 0.4) is 0 Å². The van der Waals surface area contributed by atoms with Crippen molar-refractivity contribution in [1.82, 2.24) is 15.1 Å². The van der Waals surface area contributed by atoms with Gasteiger partial charge < -0.3 is 15.0 Å².